The highest BCUT2D eigenvalue weighted by atomic mass is 16.4. The van der Waals surface area contributed by atoms with Gasteiger partial charge in [-0.25, -0.2) is 0 Å². The van der Waals surface area contributed by atoms with Crippen molar-refractivity contribution in [3.63, 3.8) is 0 Å². The van der Waals surface area contributed by atoms with Gasteiger partial charge in [0.15, 0.2) is 0 Å². The van der Waals surface area contributed by atoms with Crippen LogP contribution >= 0.6 is 0 Å². The third-order valence-electron chi connectivity index (χ3n) is 5.55. The number of benzene rings is 2. The number of aromatic hydroxyl groups is 1. The molecule has 2 aromatic rings. The first-order valence-corrected chi connectivity index (χ1v) is 9.38. The molecule has 0 spiro atoms. The highest BCUT2D eigenvalue weighted by molar-refractivity contribution is 5.69. The molecule has 138 valence electrons. The van der Waals surface area contributed by atoms with Gasteiger partial charge in [-0.3, -0.25) is 4.79 Å². The molecule has 3 rings (SSSR count). The highest BCUT2D eigenvalue weighted by Gasteiger charge is 2.27. The maximum absolute atomic E-state index is 11.1. The molecular formula is C22H27NO3. The minimum Gasteiger partial charge on any atom is -0.508 e. The summed E-state index contributed by atoms with van der Waals surface area (Å²) in [6.45, 7) is 5.04. The number of hydrogen-bond acceptors (Lipinski definition) is 3. The van der Waals surface area contributed by atoms with Gasteiger partial charge in [-0.15, -0.1) is 0 Å². The van der Waals surface area contributed by atoms with Crippen LogP contribution in [-0.4, -0.2) is 28.8 Å². The van der Waals surface area contributed by atoms with Gasteiger partial charge >= 0.3 is 5.97 Å². The molecule has 26 heavy (non-hydrogen) atoms. The first kappa shape index (κ1) is 18.3. The predicted molar refractivity (Wildman–Crippen MR) is 104 cm³/mol. The lowest BCUT2D eigenvalue weighted by Gasteiger charge is -2.26. The Labute approximate surface area is 155 Å². The molecular weight excluding hydrogens is 326 g/mol. The zero-order valence-corrected chi connectivity index (χ0v) is 15.5. The van der Waals surface area contributed by atoms with Crippen LogP contribution in [0.25, 0.3) is 0 Å². The Morgan fingerprint density at radius 3 is 2.62 bits per heavy atom. The molecule has 0 aliphatic carbocycles. The number of aliphatic carboxylic acids is 1. The van der Waals surface area contributed by atoms with Crippen LogP contribution < -0.4 is 4.90 Å². The molecule has 0 aromatic heterocycles. The second-order valence-electron chi connectivity index (χ2n) is 7.13. The predicted octanol–water partition coefficient (Wildman–Crippen LogP) is 4.69. The van der Waals surface area contributed by atoms with E-state index in [2.05, 4.69) is 42.2 Å². The summed E-state index contributed by atoms with van der Waals surface area (Å²) in [5.41, 5.74) is 4.41. The van der Waals surface area contributed by atoms with Crippen molar-refractivity contribution in [1.82, 2.24) is 0 Å². The molecule has 2 N–H and O–H groups in total. The molecule has 1 heterocycles. The molecule has 1 fully saturated rings. The summed E-state index contributed by atoms with van der Waals surface area (Å²) in [5.74, 6) is -0.153. The molecule has 1 aliphatic rings. The van der Waals surface area contributed by atoms with Crippen molar-refractivity contribution in [3.8, 4) is 5.75 Å². The number of nitrogens with zero attached hydrogens (tertiary/aromatic N) is 1. The molecule has 1 aliphatic heterocycles. The first-order valence-electron chi connectivity index (χ1n) is 9.38. The van der Waals surface area contributed by atoms with Crippen molar-refractivity contribution in [2.24, 2.45) is 0 Å². The topological polar surface area (TPSA) is 60.8 Å². The Balaban J connectivity index is 1.84. The highest BCUT2D eigenvalue weighted by Crippen LogP contribution is 2.35. The second-order valence-corrected chi connectivity index (χ2v) is 7.13. The van der Waals surface area contributed by atoms with E-state index in [4.69, 9.17) is 5.11 Å². The Bertz CT molecular complexity index is 769. The molecule has 2 unspecified atom stereocenters. The summed E-state index contributed by atoms with van der Waals surface area (Å²) in [4.78, 5) is 13.3. The van der Waals surface area contributed by atoms with E-state index >= 15 is 0 Å². The summed E-state index contributed by atoms with van der Waals surface area (Å²) < 4.78 is 0. The number of carbonyl (C=O) groups is 1. The second kappa shape index (κ2) is 7.81. The molecule has 0 bridgehead atoms. The SMILES string of the molecule is CCC(c1ccc(N2CCCC2CC(=O)O)cc1)c1cccc(O)c1C. The normalized spacial score (nSPS) is 18.1. The minimum absolute atomic E-state index is 0.0913. The number of phenols is 1. The summed E-state index contributed by atoms with van der Waals surface area (Å²) >= 11 is 0. The lowest BCUT2D eigenvalue weighted by atomic mass is 9.86. The van der Waals surface area contributed by atoms with Gasteiger partial charge in [-0.05, 0) is 61.1 Å². The van der Waals surface area contributed by atoms with Gasteiger partial charge in [0.05, 0.1) is 6.42 Å². The van der Waals surface area contributed by atoms with Gasteiger partial charge in [-0.2, -0.15) is 0 Å². The minimum atomic E-state index is -0.732. The maximum Gasteiger partial charge on any atom is 0.305 e. The van der Waals surface area contributed by atoms with Gasteiger partial charge in [0.25, 0.3) is 0 Å². The van der Waals surface area contributed by atoms with E-state index < -0.39 is 5.97 Å². The number of hydrogen-bond donors (Lipinski definition) is 2. The number of carboxylic acids is 1. The molecule has 0 saturated carbocycles. The van der Waals surface area contributed by atoms with E-state index in [9.17, 15) is 9.90 Å². The van der Waals surface area contributed by atoms with Crippen LogP contribution in [0.3, 0.4) is 0 Å². The van der Waals surface area contributed by atoms with Crippen LogP contribution in [0.2, 0.25) is 0 Å². The quantitative estimate of drug-likeness (QED) is 0.791. The van der Waals surface area contributed by atoms with E-state index in [1.54, 1.807) is 6.07 Å². The van der Waals surface area contributed by atoms with E-state index in [0.29, 0.717) is 5.75 Å². The first-order chi connectivity index (χ1) is 12.5. The fourth-order valence-electron chi connectivity index (χ4n) is 4.14. The Kier molecular flexibility index (Phi) is 5.50. The van der Waals surface area contributed by atoms with Crippen molar-refractivity contribution in [2.75, 3.05) is 11.4 Å². The smallest absolute Gasteiger partial charge is 0.305 e. The lowest BCUT2D eigenvalue weighted by molar-refractivity contribution is -0.137. The van der Waals surface area contributed by atoms with Crippen molar-refractivity contribution >= 4 is 11.7 Å². The monoisotopic (exact) mass is 353 g/mol. The van der Waals surface area contributed by atoms with Crippen LogP contribution in [0, 0.1) is 6.92 Å². The number of phenolic OH excluding ortho intramolecular Hbond substituents is 1. The zero-order valence-electron chi connectivity index (χ0n) is 15.5. The van der Waals surface area contributed by atoms with E-state index in [0.717, 1.165) is 42.6 Å². The van der Waals surface area contributed by atoms with Gasteiger partial charge in [0, 0.05) is 24.2 Å². The van der Waals surface area contributed by atoms with Crippen molar-refractivity contribution in [1.29, 1.82) is 0 Å². The molecule has 0 amide bonds. The standard InChI is InChI=1S/C22H27NO3/c1-3-19(20-7-4-8-21(24)15(20)2)16-9-11-17(12-10-16)23-13-5-6-18(23)14-22(25)26/h4,7-12,18-19,24H,3,5-6,13-14H2,1-2H3,(H,25,26). The average molecular weight is 353 g/mol. The molecule has 4 heteroatoms. The van der Waals surface area contributed by atoms with Crippen LogP contribution in [0.1, 0.15) is 55.2 Å². The third-order valence-corrected chi connectivity index (χ3v) is 5.55. The fraction of sp³-hybridized carbons (Fsp3) is 0.409. The van der Waals surface area contributed by atoms with E-state index in [-0.39, 0.29) is 18.4 Å². The van der Waals surface area contributed by atoms with Crippen molar-refractivity contribution in [3.05, 3.63) is 59.2 Å². The Hall–Kier alpha value is -2.49. The van der Waals surface area contributed by atoms with Crippen molar-refractivity contribution in [2.45, 2.75) is 51.5 Å². The van der Waals surface area contributed by atoms with E-state index in [1.807, 2.05) is 13.0 Å². The Morgan fingerprint density at radius 1 is 1.23 bits per heavy atom. The Morgan fingerprint density at radius 2 is 1.96 bits per heavy atom. The average Bonchev–Trinajstić information content (AvgIpc) is 3.07. The zero-order chi connectivity index (χ0) is 18.7. The van der Waals surface area contributed by atoms with Crippen molar-refractivity contribution < 1.29 is 15.0 Å². The third kappa shape index (κ3) is 3.69. The van der Waals surface area contributed by atoms with E-state index in [1.165, 1.54) is 5.56 Å². The van der Waals surface area contributed by atoms with Gasteiger partial charge in [-0.1, -0.05) is 31.2 Å². The molecule has 0 radical (unpaired) electrons. The summed E-state index contributed by atoms with van der Waals surface area (Å²) in [6, 6.07) is 14.3. The maximum atomic E-state index is 11.1. The molecule has 1 saturated heterocycles. The van der Waals surface area contributed by atoms with Crippen LogP contribution in [0.4, 0.5) is 5.69 Å². The summed E-state index contributed by atoms with van der Waals surface area (Å²) in [5, 5.41) is 19.1. The summed E-state index contributed by atoms with van der Waals surface area (Å²) in [7, 11) is 0. The number of carboxylic acid groups (broad SMARTS) is 1. The number of rotatable bonds is 6. The molecule has 2 aromatic carbocycles. The van der Waals surface area contributed by atoms with Crippen LogP contribution in [-0.2, 0) is 4.79 Å². The van der Waals surface area contributed by atoms with Gasteiger partial charge < -0.3 is 15.1 Å². The number of anilines is 1. The molecule has 2 atom stereocenters. The molecule has 4 nitrogen and oxygen atoms in total. The largest absolute Gasteiger partial charge is 0.508 e. The van der Waals surface area contributed by atoms with Crippen LogP contribution in [0.15, 0.2) is 42.5 Å². The van der Waals surface area contributed by atoms with Gasteiger partial charge in [0.1, 0.15) is 5.75 Å². The van der Waals surface area contributed by atoms with Gasteiger partial charge in [0.2, 0.25) is 0 Å². The van der Waals surface area contributed by atoms with Crippen LogP contribution in [0.5, 0.6) is 5.75 Å². The lowest BCUT2D eigenvalue weighted by Crippen LogP contribution is -2.31. The summed E-state index contributed by atoms with van der Waals surface area (Å²) in [6.07, 6.45) is 3.13. The fourth-order valence-corrected chi connectivity index (χ4v) is 4.14.